The largest absolute Gasteiger partial charge is 0.574 e. The lowest BCUT2D eigenvalue weighted by Gasteiger charge is -2.28. The molecule has 1 saturated heterocycles. The number of halogens is 3. The van der Waals surface area contributed by atoms with Gasteiger partial charge in [-0.2, -0.15) is 4.98 Å². The van der Waals surface area contributed by atoms with Crippen LogP contribution < -0.4 is 15.4 Å². The van der Waals surface area contributed by atoms with Crippen molar-refractivity contribution >= 4 is 11.7 Å². The molecule has 120 valence electrons. The van der Waals surface area contributed by atoms with Crippen LogP contribution in [0.2, 0.25) is 0 Å². The third kappa shape index (κ3) is 2.46. The fourth-order valence-electron chi connectivity index (χ4n) is 3.26. The fraction of sp³-hybridized carbons (Fsp3) is 0.571. The second-order valence-corrected chi connectivity index (χ2v) is 6.24. The number of nitrogens with two attached hydrogens (primary N) is 1. The lowest BCUT2D eigenvalue weighted by atomic mass is 10.0. The number of aromatic nitrogens is 1. The number of rotatable bonds is 3. The number of amides is 1. The third-order valence-electron chi connectivity index (χ3n) is 4.47. The molecule has 3 unspecified atom stereocenters. The third-order valence-corrected chi connectivity index (χ3v) is 4.47. The van der Waals surface area contributed by atoms with Gasteiger partial charge in [0.25, 0.3) is 0 Å². The molecule has 0 aromatic carbocycles. The van der Waals surface area contributed by atoms with Gasteiger partial charge in [-0.15, -0.1) is 13.2 Å². The molecule has 3 atom stereocenters. The standard InChI is InChI=1S/C14H16F3N3O2/c1-7-3-4-10(22-14(15,16)17)19-12(7)20-8(11(18)21)5-13(2)6-9(13)20/h3-4,8-9H,5-6H2,1-2H3,(H2,18,21). The van der Waals surface area contributed by atoms with E-state index in [0.717, 1.165) is 12.5 Å². The van der Waals surface area contributed by atoms with Gasteiger partial charge < -0.3 is 15.4 Å². The van der Waals surface area contributed by atoms with Crippen LogP contribution in [0.25, 0.3) is 0 Å². The van der Waals surface area contributed by atoms with Crippen LogP contribution in [-0.4, -0.2) is 29.3 Å². The summed E-state index contributed by atoms with van der Waals surface area (Å²) in [6, 6.07) is 2.20. The Kier molecular flexibility index (Phi) is 3.05. The molecule has 0 bridgehead atoms. The number of aryl methyl sites for hydroxylation is 1. The molecule has 3 rings (SSSR count). The van der Waals surface area contributed by atoms with E-state index in [2.05, 4.69) is 9.72 Å². The summed E-state index contributed by atoms with van der Waals surface area (Å²) in [5.74, 6) is -0.695. The Morgan fingerprint density at radius 3 is 2.73 bits per heavy atom. The Hall–Kier alpha value is -1.99. The number of carbonyl (C=O) groups is 1. The topological polar surface area (TPSA) is 68.4 Å². The highest BCUT2D eigenvalue weighted by Gasteiger charge is 2.63. The van der Waals surface area contributed by atoms with Gasteiger partial charge in [0, 0.05) is 12.1 Å². The number of carbonyl (C=O) groups excluding carboxylic acids is 1. The number of piperidine rings is 1. The molecule has 0 spiro atoms. The zero-order valence-corrected chi connectivity index (χ0v) is 12.1. The Bertz CT molecular complexity index is 634. The van der Waals surface area contributed by atoms with Gasteiger partial charge in [0.05, 0.1) is 0 Å². The Morgan fingerprint density at radius 1 is 1.45 bits per heavy atom. The number of primary amides is 1. The lowest BCUT2D eigenvalue weighted by Crippen LogP contribution is -2.43. The molecule has 1 aromatic rings. The SMILES string of the molecule is Cc1ccc(OC(F)(F)F)nc1N1C(C(N)=O)CC2(C)CC12. The molecule has 22 heavy (non-hydrogen) atoms. The first-order valence-electron chi connectivity index (χ1n) is 6.92. The van der Waals surface area contributed by atoms with Gasteiger partial charge in [-0.05, 0) is 30.7 Å². The molecule has 2 fully saturated rings. The summed E-state index contributed by atoms with van der Waals surface area (Å²) in [4.78, 5) is 17.4. The minimum absolute atomic E-state index is 0.0191. The van der Waals surface area contributed by atoms with Gasteiger partial charge in [0.15, 0.2) is 0 Å². The van der Waals surface area contributed by atoms with Crippen molar-refractivity contribution in [1.29, 1.82) is 0 Å². The highest BCUT2D eigenvalue weighted by atomic mass is 19.4. The molecule has 0 radical (unpaired) electrons. The predicted molar refractivity (Wildman–Crippen MR) is 72.2 cm³/mol. The Morgan fingerprint density at radius 2 is 2.14 bits per heavy atom. The fourth-order valence-corrected chi connectivity index (χ4v) is 3.26. The Balaban J connectivity index is 1.96. The van der Waals surface area contributed by atoms with Crippen LogP contribution in [0.15, 0.2) is 12.1 Å². The van der Waals surface area contributed by atoms with Crippen molar-refractivity contribution in [3.05, 3.63) is 17.7 Å². The van der Waals surface area contributed by atoms with E-state index in [9.17, 15) is 18.0 Å². The van der Waals surface area contributed by atoms with Crippen molar-refractivity contribution < 1.29 is 22.7 Å². The molecule has 2 aliphatic rings. The van der Waals surface area contributed by atoms with E-state index in [1.54, 1.807) is 11.8 Å². The monoisotopic (exact) mass is 315 g/mol. The summed E-state index contributed by atoms with van der Waals surface area (Å²) < 4.78 is 40.9. The maximum absolute atomic E-state index is 12.4. The van der Waals surface area contributed by atoms with Crippen LogP contribution in [0.4, 0.5) is 19.0 Å². The van der Waals surface area contributed by atoms with Crippen LogP contribution in [0, 0.1) is 12.3 Å². The lowest BCUT2D eigenvalue weighted by molar-refractivity contribution is -0.276. The average Bonchev–Trinajstić information content (AvgIpc) is 2.93. The summed E-state index contributed by atoms with van der Waals surface area (Å²) in [5, 5.41) is 0. The first-order chi connectivity index (χ1) is 10.1. The van der Waals surface area contributed by atoms with E-state index in [0.29, 0.717) is 17.8 Å². The second kappa shape index (κ2) is 4.50. The molecule has 8 heteroatoms. The van der Waals surface area contributed by atoms with Gasteiger partial charge in [-0.25, -0.2) is 0 Å². The van der Waals surface area contributed by atoms with Crippen LogP contribution in [0.1, 0.15) is 25.3 Å². The van der Waals surface area contributed by atoms with Crippen molar-refractivity contribution in [3.63, 3.8) is 0 Å². The molecular formula is C14H16F3N3O2. The van der Waals surface area contributed by atoms with E-state index in [1.165, 1.54) is 6.07 Å². The number of hydrogen-bond acceptors (Lipinski definition) is 4. The van der Waals surface area contributed by atoms with Crippen molar-refractivity contribution in [3.8, 4) is 5.88 Å². The van der Waals surface area contributed by atoms with Crippen molar-refractivity contribution in [1.82, 2.24) is 4.98 Å². The van der Waals surface area contributed by atoms with E-state index in [4.69, 9.17) is 5.73 Å². The first kappa shape index (κ1) is 14.9. The summed E-state index contributed by atoms with van der Waals surface area (Å²) in [6.45, 7) is 3.77. The smallest absolute Gasteiger partial charge is 0.388 e. The highest BCUT2D eigenvalue weighted by Crippen LogP contribution is 2.60. The molecule has 1 aliphatic carbocycles. The quantitative estimate of drug-likeness (QED) is 0.928. The number of pyridine rings is 1. The summed E-state index contributed by atoms with van der Waals surface area (Å²) in [7, 11) is 0. The summed E-state index contributed by atoms with van der Waals surface area (Å²) in [5.41, 5.74) is 6.10. The van der Waals surface area contributed by atoms with E-state index in [-0.39, 0.29) is 11.5 Å². The summed E-state index contributed by atoms with van der Waals surface area (Å²) >= 11 is 0. The normalized spacial score (nSPS) is 30.1. The van der Waals surface area contributed by atoms with Crippen LogP contribution >= 0.6 is 0 Å². The van der Waals surface area contributed by atoms with Crippen LogP contribution in [0.5, 0.6) is 5.88 Å². The molecule has 1 saturated carbocycles. The van der Waals surface area contributed by atoms with Crippen molar-refractivity contribution in [2.24, 2.45) is 11.1 Å². The number of alkyl halides is 3. The zero-order valence-electron chi connectivity index (χ0n) is 12.1. The van der Waals surface area contributed by atoms with Gasteiger partial charge in [-0.3, -0.25) is 4.79 Å². The van der Waals surface area contributed by atoms with E-state index >= 15 is 0 Å². The molecule has 2 N–H and O–H groups in total. The molecule has 5 nitrogen and oxygen atoms in total. The first-order valence-corrected chi connectivity index (χ1v) is 6.92. The minimum atomic E-state index is -4.80. The number of hydrogen-bond donors (Lipinski definition) is 1. The summed E-state index contributed by atoms with van der Waals surface area (Å²) in [6.07, 6.45) is -3.33. The maximum Gasteiger partial charge on any atom is 0.574 e. The molecular weight excluding hydrogens is 299 g/mol. The molecule has 2 heterocycles. The molecule has 1 amide bonds. The van der Waals surface area contributed by atoms with Gasteiger partial charge in [0.2, 0.25) is 11.8 Å². The predicted octanol–water partition coefficient (Wildman–Crippen LogP) is 2.13. The highest BCUT2D eigenvalue weighted by molar-refractivity contribution is 5.85. The van der Waals surface area contributed by atoms with Crippen LogP contribution in [-0.2, 0) is 4.79 Å². The Labute approximate surface area is 125 Å². The number of ether oxygens (including phenoxy) is 1. The average molecular weight is 315 g/mol. The second-order valence-electron chi connectivity index (χ2n) is 6.24. The van der Waals surface area contributed by atoms with Crippen molar-refractivity contribution in [2.75, 3.05) is 4.90 Å². The van der Waals surface area contributed by atoms with Gasteiger partial charge >= 0.3 is 6.36 Å². The number of fused-ring (bicyclic) bond motifs is 1. The van der Waals surface area contributed by atoms with Crippen LogP contribution in [0.3, 0.4) is 0 Å². The molecule has 1 aromatic heterocycles. The van der Waals surface area contributed by atoms with Gasteiger partial charge in [0.1, 0.15) is 11.9 Å². The molecule has 1 aliphatic heterocycles. The van der Waals surface area contributed by atoms with Crippen molar-refractivity contribution in [2.45, 2.75) is 45.1 Å². The minimum Gasteiger partial charge on any atom is -0.388 e. The van der Waals surface area contributed by atoms with Gasteiger partial charge in [-0.1, -0.05) is 13.0 Å². The number of anilines is 1. The van der Waals surface area contributed by atoms with E-state index < -0.39 is 24.2 Å². The van der Waals surface area contributed by atoms with E-state index in [1.807, 2.05) is 6.92 Å². The number of nitrogens with zero attached hydrogens (tertiary/aromatic N) is 2. The maximum atomic E-state index is 12.4. The zero-order chi connectivity index (χ0) is 16.3.